The SMILES string of the molecule is CC1=Cc2c(n(-c3ccccc3)c3ccccc23)C(C)C1. The summed E-state index contributed by atoms with van der Waals surface area (Å²) in [5.41, 5.74) is 6.91. The van der Waals surface area contributed by atoms with Crippen molar-refractivity contribution in [2.45, 2.75) is 26.2 Å². The molecular formula is C20H19N. The summed E-state index contributed by atoms with van der Waals surface area (Å²) in [4.78, 5) is 0. The number of hydrogen-bond acceptors (Lipinski definition) is 0. The van der Waals surface area contributed by atoms with Gasteiger partial charge in [0.25, 0.3) is 0 Å². The number of aromatic nitrogens is 1. The number of nitrogens with zero attached hydrogens (tertiary/aromatic N) is 1. The van der Waals surface area contributed by atoms with Crippen molar-refractivity contribution in [1.29, 1.82) is 0 Å². The van der Waals surface area contributed by atoms with Crippen molar-refractivity contribution in [1.82, 2.24) is 4.57 Å². The van der Waals surface area contributed by atoms with E-state index in [4.69, 9.17) is 0 Å². The van der Waals surface area contributed by atoms with Gasteiger partial charge in [0.1, 0.15) is 0 Å². The third-order valence-corrected chi connectivity index (χ3v) is 4.45. The molecule has 1 atom stereocenters. The quantitative estimate of drug-likeness (QED) is 0.548. The molecule has 21 heavy (non-hydrogen) atoms. The Labute approximate surface area is 125 Å². The van der Waals surface area contributed by atoms with Crippen molar-refractivity contribution in [3.63, 3.8) is 0 Å². The zero-order valence-electron chi connectivity index (χ0n) is 12.5. The molecular weight excluding hydrogens is 254 g/mol. The topological polar surface area (TPSA) is 4.93 Å². The van der Waals surface area contributed by atoms with Crippen LogP contribution in [0.2, 0.25) is 0 Å². The molecule has 1 aliphatic carbocycles. The van der Waals surface area contributed by atoms with Crippen LogP contribution in [0.3, 0.4) is 0 Å². The van der Waals surface area contributed by atoms with Crippen LogP contribution in [0.5, 0.6) is 0 Å². The fourth-order valence-electron chi connectivity index (χ4n) is 3.66. The Balaban J connectivity index is 2.14. The molecule has 0 fully saturated rings. The zero-order valence-corrected chi connectivity index (χ0v) is 12.5. The minimum absolute atomic E-state index is 0.553. The minimum atomic E-state index is 0.553. The fourth-order valence-corrected chi connectivity index (χ4v) is 3.66. The van der Waals surface area contributed by atoms with Crippen LogP contribution in [-0.2, 0) is 0 Å². The predicted molar refractivity (Wildman–Crippen MR) is 90.0 cm³/mol. The van der Waals surface area contributed by atoms with Gasteiger partial charge in [-0.2, -0.15) is 0 Å². The molecule has 0 aliphatic heterocycles. The lowest BCUT2D eigenvalue weighted by Gasteiger charge is -2.22. The van der Waals surface area contributed by atoms with Gasteiger partial charge in [-0.15, -0.1) is 0 Å². The second kappa shape index (κ2) is 4.63. The molecule has 0 saturated heterocycles. The summed E-state index contributed by atoms with van der Waals surface area (Å²) in [6.45, 7) is 4.59. The first-order valence-corrected chi connectivity index (χ1v) is 7.61. The van der Waals surface area contributed by atoms with E-state index in [1.807, 2.05) is 0 Å². The standard InChI is InChI=1S/C20H19N/c1-14-12-15(2)20-18(13-14)17-10-6-7-11-19(17)21(20)16-8-4-3-5-9-16/h3-11,13,15H,12H2,1-2H3. The molecule has 1 aliphatic rings. The lowest BCUT2D eigenvalue weighted by Crippen LogP contribution is -2.08. The summed E-state index contributed by atoms with van der Waals surface area (Å²) in [6, 6.07) is 19.5. The first-order valence-electron chi connectivity index (χ1n) is 7.61. The molecule has 104 valence electrons. The van der Waals surface area contributed by atoms with E-state index >= 15 is 0 Å². The van der Waals surface area contributed by atoms with Gasteiger partial charge in [0.05, 0.1) is 5.52 Å². The van der Waals surface area contributed by atoms with E-state index in [9.17, 15) is 0 Å². The maximum Gasteiger partial charge on any atom is 0.0537 e. The fraction of sp³-hybridized carbons (Fsp3) is 0.200. The number of rotatable bonds is 1. The number of benzene rings is 2. The summed E-state index contributed by atoms with van der Waals surface area (Å²) in [7, 11) is 0. The summed E-state index contributed by atoms with van der Waals surface area (Å²) in [5, 5.41) is 1.36. The molecule has 0 amide bonds. The Morgan fingerprint density at radius 3 is 2.48 bits per heavy atom. The molecule has 0 saturated carbocycles. The summed E-state index contributed by atoms with van der Waals surface area (Å²) in [5.74, 6) is 0.553. The molecule has 0 radical (unpaired) electrons. The van der Waals surface area contributed by atoms with Gasteiger partial charge in [-0.25, -0.2) is 0 Å². The van der Waals surface area contributed by atoms with Crippen LogP contribution < -0.4 is 0 Å². The van der Waals surface area contributed by atoms with Gasteiger partial charge in [-0.3, -0.25) is 0 Å². The van der Waals surface area contributed by atoms with Crippen LogP contribution in [0.15, 0.2) is 60.2 Å². The lowest BCUT2D eigenvalue weighted by molar-refractivity contribution is 0.701. The number of allylic oxidation sites excluding steroid dienone is 1. The Hall–Kier alpha value is -2.28. The Morgan fingerprint density at radius 1 is 0.952 bits per heavy atom. The summed E-state index contributed by atoms with van der Waals surface area (Å²) >= 11 is 0. The highest BCUT2D eigenvalue weighted by Gasteiger charge is 2.24. The lowest BCUT2D eigenvalue weighted by atomic mass is 9.88. The molecule has 3 aromatic rings. The van der Waals surface area contributed by atoms with Crippen molar-refractivity contribution in [2.75, 3.05) is 0 Å². The van der Waals surface area contributed by atoms with E-state index in [2.05, 4.69) is 79.1 Å². The Morgan fingerprint density at radius 2 is 1.67 bits per heavy atom. The van der Waals surface area contributed by atoms with Crippen LogP contribution >= 0.6 is 0 Å². The van der Waals surface area contributed by atoms with E-state index < -0.39 is 0 Å². The summed E-state index contributed by atoms with van der Waals surface area (Å²) < 4.78 is 2.44. The van der Waals surface area contributed by atoms with Crippen LogP contribution in [0, 0.1) is 0 Å². The number of hydrogen-bond donors (Lipinski definition) is 0. The Kier molecular flexibility index (Phi) is 2.75. The van der Waals surface area contributed by atoms with Gasteiger partial charge in [-0.1, -0.05) is 55.0 Å². The van der Waals surface area contributed by atoms with E-state index in [1.165, 1.54) is 33.4 Å². The third-order valence-electron chi connectivity index (χ3n) is 4.45. The second-order valence-electron chi connectivity index (χ2n) is 6.08. The van der Waals surface area contributed by atoms with Gasteiger partial charge in [0.15, 0.2) is 0 Å². The summed E-state index contributed by atoms with van der Waals surface area (Å²) in [6.07, 6.45) is 3.52. The van der Waals surface area contributed by atoms with Crippen molar-refractivity contribution < 1.29 is 0 Å². The molecule has 1 unspecified atom stereocenters. The van der Waals surface area contributed by atoms with Crippen molar-refractivity contribution >= 4 is 17.0 Å². The molecule has 0 spiro atoms. The van der Waals surface area contributed by atoms with Crippen LogP contribution in [0.4, 0.5) is 0 Å². The van der Waals surface area contributed by atoms with E-state index in [1.54, 1.807) is 0 Å². The van der Waals surface area contributed by atoms with Crippen LogP contribution in [0.25, 0.3) is 22.7 Å². The average molecular weight is 273 g/mol. The van der Waals surface area contributed by atoms with E-state index in [0.717, 1.165) is 6.42 Å². The molecule has 0 N–H and O–H groups in total. The van der Waals surface area contributed by atoms with Crippen molar-refractivity contribution in [2.24, 2.45) is 0 Å². The number of fused-ring (bicyclic) bond motifs is 3. The molecule has 2 aromatic carbocycles. The van der Waals surface area contributed by atoms with Crippen molar-refractivity contribution in [3.05, 3.63) is 71.4 Å². The van der Waals surface area contributed by atoms with Gasteiger partial charge in [0.2, 0.25) is 0 Å². The van der Waals surface area contributed by atoms with Gasteiger partial charge < -0.3 is 4.57 Å². The van der Waals surface area contributed by atoms with Crippen LogP contribution in [-0.4, -0.2) is 4.57 Å². The first-order chi connectivity index (χ1) is 10.3. The normalized spacial score (nSPS) is 17.6. The maximum atomic E-state index is 2.44. The monoisotopic (exact) mass is 273 g/mol. The molecule has 1 heterocycles. The molecule has 4 rings (SSSR count). The first kappa shape index (κ1) is 12.5. The highest BCUT2D eigenvalue weighted by molar-refractivity contribution is 5.94. The van der Waals surface area contributed by atoms with Gasteiger partial charge >= 0.3 is 0 Å². The number of para-hydroxylation sites is 2. The minimum Gasteiger partial charge on any atom is -0.313 e. The Bertz CT molecular complexity index is 837. The average Bonchev–Trinajstić information content (AvgIpc) is 2.83. The highest BCUT2D eigenvalue weighted by Crippen LogP contribution is 2.40. The zero-order chi connectivity index (χ0) is 14.4. The van der Waals surface area contributed by atoms with Crippen molar-refractivity contribution in [3.8, 4) is 5.69 Å². The van der Waals surface area contributed by atoms with E-state index in [0.29, 0.717) is 5.92 Å². The third kappa shape index (κ3) is 1.84. The molecule has 1 heteroatoms. The maximum absolute atomic E-state index is 2.44. The second-order valence-corrected chi connectivity index (χ2v) is 6.08. The van der Waals surface area contributed by atoms with Gasteiger partial charge in [0, 0.05) is 28.2 Å². The van der Waals surface area contributed by atoms with Crippen LogP contribution in [0.1, 0.15) is 37.4 Å². The molecule has 1 aromatic heterocycles. The molecule has 0 bridgehead atoms. The van der Waals surface area contributed by atoms with Gasteiger partial charge in [-0.05, 0) is 31.5 Å². The smallest absolute Gasteiger partial charge is 0.0537 e. The largest absolute Gasteiger partial charge is 0.313 e. The predicted octanol–water partition coefficient (Wildman–Crippen LogP) is 5.54. The highest BCUT2D eigenvalue weighted by atomic mass is 15.0. The van der Waals surface area contributed by atoms with E-state index in [-0.39, 0.29) is 0 Å². The molecule has 1 nitrogen and oxygen atoms in total.